The van der Waals surface area contributed by atoms with Gasteiger partial charge in [-0.3, -0.25) is 0 Å². The van der Waals surface area contributed by atoms with E-state index in [9.17, 15) is 9.90 Å². The minimum absolute atomic E-state index is 0.219. The number of rotatable bonds is 6. The van der Waals surface area contributed by atoms with Crippen LogP contribution >= 0.6 is 0 Å². The van der Waals surface area contributed by atoms with Crippen LogP contribution in [0.2, 0.25) is 0 Å². The second-order valence-electron chi connectivity index (χ2n) is 6.67. The van der Waals surface area contributed by atoms with Crippen LogP contribution in [0.1, 0.15) is 44.9 Å². The quantitative estimate of drug-likeness (QED) is 0.749. The summed E-state index contributed by atoms with van der Waals surface area (Å²) < 4.78 is 11.5. The predicted octanol–water partition coefficient (Wildman–Crippen LogP) is 3.35. The second kappa shape index (κ2) is 7.78. The molecule has 3 rings (SSSR count). The monoisotopic (exact) mass is 346 g/mol. The molecule has 3 N–H and O–H groups in total. The first-order chi connectivity index (χ1) is 12.1. The van der Waals surface area contributed by atoms with E-state index in [4.69, 9.17) is 9.15 Å². The third-order valence-electron chi connectivity index (χ3n) is 4.67. The van der Waals surface area contributed by atoms with Gasteiger partial charge in [0.2, 0.25) is 0 Å². The fourth-order valence-corrected chi connectivity index (χ4v) is 3.33. The summed E-state index contributed by atoms with van der Waals surface area (Å²) >= 11 is 0. The number of aliphatic hydroxyl groups excluding tert-OH is 1. The first-order valence-electron chi connectivity index (χ1n) is 8.94. The Balaban J connectivity index is 1.59. The standard InChI is InChI=1S/C19H26N2O4/c1-3-24-16-6-4-5-14-10-17(25-18(14)16)12(2)21-19(23)20-11-13-7-8-15(22)9-13/h4-6,10,12-13,15,22H,3,7-9,11H2,1-2H3,(H2,20,21,23)/t12-,13-,15-/m0/s1. The molecule has 25 heavy (non-hydrogen) atoms. The molecule has 136 valence electrons. The van der Waals surface area contributed by atoms with Crippen LogP contribution < -0.4 is 15.4 Å². The van der Waals surface area contributed by atoms with E-state index in [1.54, 1.807) is 0 Å². The van der Waals surface area contributed by atoms with Gasteiger partial charge < -0.3 is 24.9 Å². The maximum absolute atomic E-state index is 12.1. The maximum atomic E-state index is 12.1. The van der Waals surface area contributed by atoms with Crippen LogP contribution in [0, 0.1) is 5.92 Å². The number of ether oxygens (including phenoxy) is 1. The molecule has 0 radical (unpaired) electrons. The zero-order valence-electron chi connectivity index (χ0n) is 14.7. The van der Waals surface area contributed by atoms with E-state index >= 15 is 0 Å². The number of hydrogen-bond donors (Lipinski definition) is 3. The molecule has 0 aliphatic heterocycles. The number of benzene rings is 1. The van der Waals surface area contributed by atoms with Crippen LogP contribution in [0.3, 0.4) is 0 Å². The van der Waals surface area contributed by atoms with Gasteiger partial charge in [0.15, 0.2) is 11.3 Å². The van der Waals surface area contributed by atoms with E-state index in [0.29, 0.717) is 36.2 Å². The van der Waals surface area contributed by atoms with Crippen molar-refractivity contribution in [2.45, 2.75) is 45.3 Å². The van der Waals surface area contributed by atoms with Crippen LogP contribution in [0.15, 0.2) is 28.7 Å². The fourth-order valence-electron chi connectivity index (χ4n) is 3.33. The number of carbonyl (C=O) groups excluding carboxylic acids is 1. The van der Waals surface area contributed by atoms with Gasteiger partial charge in [-0.1, -0.05) is 12.1 Å². The van der Waals surface area contributed by atoms with Crippen molar-refractivity contribution in [3.05, 3.63) is 30.0 Å². The first-order valence-corrected chi connectivity index (χ1v) is 8.94. The number of fused-ring (bicyclic) bond motifs is 1. The molecule has 1 heterocycles. The summed E-state index contributed by atoms with van der Waals surface area (Å²) in [6.45, 7) is 4.98. The molecule has 1 aromatic heterocycles. The normalized spacial score (nSPS) is 21.2. The number of hydrogen-bond acceptors (Lipinski definition) is 4. The number of nitrogens with one attached hydrogen (secondary N) is 2. The highest BCUT2D eigenvalue weighted by atomic mass is 16.5. The fraction of sp³-hybridized carbons (Fsp3) is 0.526. The Morgan fingerprint density at radius 3 is 3.00 bits per heavy atom. The van der Waals surface area contributed by atoms with Gasteiger partial charge in [-0.2, -0.15) is 0 Å². The van der Waals surface area contributed by atoms with Crippen molar-refractivity contribution in [2.24, 2.45) is 5.92 Å². The second-order valence-corrected chi connectivity index (χ2v) is 6.67. The minimum Gasteiger partial charge on any atom is -0.490 e. The van der Waals surface area contributed by atoms with Crippen LogP contribution in [0.5, 0.6) is 5.75 Å². The van der Waals surface area contributed by atoms with Crippen molar-refractivity contribution in [3.8, 4) is 5.75 Å². The highest BCUT2D eigenvalue weighted by molar-refractivity contribution is 5.84. The average molecular weight is 346 g/mol. The van der Waals surface area contributed by atoms with E-state index in [0.717, 1.165) is 24.6 Å². The van der Waals surface area contributed by atoms with Crippen LogP contribution in [0.25, 0.3) is 11.0 Å². The van der Waals surface area contributed by atoms with Crippen molar-refractivity contribution in [2.75, 3.05) is 13.2 Å². The zero-order valence-corrected chi connectivity index (χ0v) is 14.7. The lowest BCUT2D eigenvalue weighted by Gasteiger charge is -2.15. The Labute approximate surface area is 147 Å². The number of aliphatic hydroxyl groups is 1. The third kappa shape index (κ3) is 4.25. The predicted molar refractivity (Wildman–Crippen MR) is 95.7 cm³/mol. The molecule has 2 aromatic rings. The molecule has 0 unspecified atom stereocenters. The van der Waals surface area contributed by atoms with Gasteiger partial charge in [0.25, 0.3) is 0 Å². The largest absolute Gasteiger partial charge is 0.490 e. The summed E-state index contributed by atoms with van der Waals surface area (Å²) in [6.07, 6.45) is 2.33. The van der Waals surface area contributed by atoms with Crippen molar-refractivity contribution in [1.82, 2.24) is 10.6 Å². The molecule has 6 nitrogen and oxygen atoms in total. The Morgan fingerprint density at radius 2 is 2.28 bits per heavy atom. The third-order valence-corrected chi connectivity index (χ3v) is 4.67. The molecule has 1 aliphatic carbocycles. The highest BCUT2D eigenvalue weighted by Crippen LogP contribution is 2.31. The number of para-hydroxylation sites is 1. The molecule has 0 spiro atoms. The van der Waals surface area contributed by atoms with Crippen LogP contribution in [-0.4, -0.2) is 30.4 Å². The molecule has 6 heteroatoms. The number of carbonyl (C=O) groups is 1. The van der Waals surface area contributed by atoms with Gasteiger partial charge >= 0.3 is 6.03 Å². The van der Waals surface area contributed by atoms with E-state index in [1.165, 1.54) is 0 Å². The number of amides is 2. The molecular formula is C19H26N2O4. The maximum Gasteiger partial charge on any atom is 0.315 e. The number of urea groups is 1. The molecule has 1 aliphatic rings. The lowest BCUT2D eigenvalue weighted by molar-refractivity contribution is 0.177. The smallest absolute Gasteiger partial charge is 0.315 e. The van der Waals surface area contributed by atoms with Crippen LogP contribution in [0.4, 0.5) is 4.79 Å². The summed E-state index contributed by atoms with van der Waals surface area (Å²) in [5, 5.41) is 16.3. The van der Waals surface area contributed by atoms with Gasteiger partial charge in [-0.15, -0.1) is 0 Å². The molecule has 1 aromatic carbocycles. The summed E-state index contributed by atoms with van der Waals surface area (Å²) in [7, 11) is 0. The summed E-state index contributed by atoms with van der Waals surface area (Å²) in [5.41, 5.74) is 0.702. The Hall–Kier alpha value is -2.21. The van der Waals surface area contributed by atoms with Crippen molar-refractivity contribution < 1.29 is 19.1 Å². The van der Waals surface area contributed by atoms with Crippen molar-refractivity contribution >= 4 is 17.0 Å². The topological polar surface area (TPSA) is 83.7 Å². The van der Waals surface area contributed by atoms with E-state index in [2.05, 4.69) is 10.6 Å². The number of furan rings is 1. The lowest BCUT2D eigenvalue weighted by Crippen LogP contribution is -2.39. The Kier molecular flexibility index (Phi) is 5.48. The summed E-state index contributed by atoms with van der Waals surface area (Å²) in [6, 6.07) is 7.21. The molecule has 0 saturated heterocycles. The Morgan fingerprint density at radius 1 is 1.44 bits per heavy atom. The van der Waals surface area contributed by atoms with E-state index in [1.807, 2.05) is 38.1 Å². The van der Waals surface area contributed by atoms with Gasteiger partial charge in [-0.25, -0.2) is 4.79 Å². The minimum atomic E-state index is -0.254. The average Bonchev–Trinajstić information content (AvgIpc) is 3.20. The molecular weight excluding hydrogens is 320 g/mol. The molecule has 0 bridgehead atoms. The molecule has 1 fully saturated rings. The van der Waals surface area contributed by atoms with E-state index < -0.39 is 0 Å². The summed E-state index contributed by atoms with van der Waals surface area (Å²) in [4.78, 5) is 12.1. The highest BCUT2D eigenvalue weighted by Gasteiger charge is 2.23. The molecule has 3 atom stereocenters. The van der Waals surface area contributed by atoms with Crippen molar-refractivity contribution in [1.29, 1.82) is 0 Å². The SMILES string of the molecule is CCOc1cccc2cc([C@H](C)NC(=O)NC[C@H]3CC[C@H](O)C3)oc12. The Bertz CT molecular complexity index is 727. The van der Waals surface area contributed by atoms with E-state index in [-0.39, 0.29) is 18.2 Å². The van der Waals surface area contributed by atoms with Crippen molar-refractivity contribution in [3.63, 3.8) is 0 Å². The van der Waals surface area contributed by atoms with Gasteiger partial charge in [0, 0.05) is 11.9 Å². The zero-order chi connectivity index (χ0) is 17.8. The summed E-state index contributed by atoms with van der Waals surface area (Å²) in [5.74, 6) is 1.76. The van der Waals surface area contributed by atoms with Gasteiger partial charge in [0.1, 0.15) is 5.76 Å². The van der Waals surface area contributed by atoms with Gasteiger partial charge in [0.05, 0.1) is 18.8 Å². The van der Waals surface area contributed by atoms with Gasteiger partial charge in [-0.05, 0) is 51.2 Å². The lowest BCUT2D eigenvalue weighted by atomic mass is 10.1. The van der Waals surface area contributed by atoms with Crippen LogP contribution in [-0.2, 0) is 0 Å². The molecule has 1 saturated carbocycles. The molecule has 2 amide bonds. The first kappa shape index (κ1) is 17.6.